The van der Waals surface area contributed by atoms with Crippen molar-refractivity contribution in [1.29, 1.82) is 0 Å². The minimum absolute atomic E-state index is 0.255. The van der Waals surface area contributed by atoms with Crippen molar-refractivity contribution in [2.24, 2.45) is 5.41 Å². The summed E-state index contributed by atoms with van der Waals surface area (Å²) in [6.45, 7) is 9.30. The van der Waals surface area contributed by atoms with Gasteiger partial charge in [0.1, 0.15) is 0 Å². The van der Waals surface area contributed by atoms with Gasteiger partial charge in [0, 0.05) is 19.0 Å². The average molecular weight is 228 g/mol. The standard InChI is InChI=1S/C11H20N2OS/c1-8(14)9-6-15-10(12-9)13(5)7-11(2,3)4/h6,8,14H,7H2,1-5H3. The van der Waals surface area contributed by atoms with Crippen LogP contribution in [0.4, 0.5) is 5.13 Å². The highest BCUT2D eigenvalue weighted by Crippen LogP contribution is 2.25. The van der Waals surface area contributed by atoms with Crippen molar-refractivity contribution in [1.82, 2.24) is 4.98 Å². The Bertz CT molecular complexity index is 315. The first-order valence-corrected chi connectivity index (χ1v) is 6.02. The molecule has 15 heavy (non-hydrogen) atoms. The fraction of sp³-hybridized carbons (Fsp3) is 0.727. The Morgan fingerprint density at radius 1 is 1.53 bits per heavy atom. The molecule has 1 aromatic heterocycles. The molecule has 0 saturated heterocycles. The number of aliphatic hydroxyl groups excluding tert-OH is 1. The molecule has 0 bridgehead atoms. The third-order valence-corrected chi connectivity index (χ3v) is 2.95. The van der Waals surface area contributed by atoms with Crippen molar-refractivity contribution in [2.75, 3.05) is 18.5 Å². The van der Waals surface area contributed by atoms with Gasteiger partial charge in [-0.05, 0) is 12.3 Å². The van der Waals surface area contributed by atoms with E-state index in [0.29, 0.717) is 0 Å². The van der Waals surface area contributed by atoms with E-state index in [1.165, 1.54) is 0 Å². The van der Waals surface area contributed by atoms with Gasteiger partial charge in [0.25, 0.3) is 0 Å². The Morgan fingerprint density at radius 3 is 2.53 bits per heavy atom. The van der Waals surface area contributed by atoms with E-state index >= 15 is 0 Å². The summed E-state index contributed by atoms with van der Waals surface area (Å²) in [6.07, 6.45) is -0.474. The van der Waals surface area contributed by atoms with Gasteiger partial charge in [-0.2, -0.15) is 0 Å². The highest BCUT2D eigenvalue weighted by molar-refractivity contribution is 7.13. The molecule has 0 aliphatic rings. The lowest BCUT2D eigenvalue weighted by atomic mass is 9.96. The molecule has 0 saturated carbocycles. The van der Waals surface area contributed by atoms with Crippen LogP contribution < -0.4 is 4.90 Å². The van der Waals surface area contributed by atoms with Gasteiger partial charge in [-0.25, -0.2) is 4.98 Å². The van der Waals surface area contributed by atoms with Gasteiger partial charge >= 0.3 is 0 Å². The number of aromatic nitrogens is 1. The minimum Gasteiger partial charge on any atom is -0.387 e. The van der Waals surface area contributed by atoms with Crippen molar-refractivity contribution in [3.8, 4) is 0 Å². The van der Waals surface area contributed by atoms with Crippen molar-refractivity contribution in [3.05, 3.63) is 11.1 Å². The number of nitrogens with zero attached hydrogens (tertiary/aromatic N) is 2. The largest absolute Gasteiger partial charge is 0.387 e. The summed E-state index contributed by atoms with van der Waals surface area (Å²) in [6, 6.07) is 0. The van der Waals surface area contributed by atoms with Gasteiger partial charge in [-0.1, -0.05) is 20.8 Å². The molecular weight excluding hydrogens is 208 g/mol. The predicted molar refractivity (Wildman–Crippen MR) is 65.5 cm³/mol. The summed E-state index contributed by atoms with van der Waals surface area (Å²) < 4.78 is 0. The van der Waals surface area contributed by atoms with Crippen LogP contribution in [0, 0.1) is 5.41 Å². The lowest BCUT2D eigenvalue weighted by Gasteiger charge is -2.26. The molecule has 0 fully saturated rings. The predicted octanol–water partition coefficient (Wildman–Crippen LogP) is 2.68. The second-order valence-corrected chi connectivity index (χ2v) is 5.98. The van der Waals surface area contributed by atoms with E-state index in [4.69, 9.17) is 0 Å². The van der Waals surface area contributed by atoms with Crippen LogP contribution in [0.5, 0.6) is 0 Å². The molecule has 0 amide bonds. The average Bonchev–Trinajstić information content (AvgIpc) is 2.47. The molecular formula is C11H20N2OS. The molecule has 0 aliphatic carbocycles. The SMILES string of the molecule is CC(O)c1csc(N(C)CC(C)(C)C)n1. The number of anilines is 1. The van der Waals surface area contributed by atoms with Gasteiger partial charge in [0.2, 0.25) is 0 Å². The van der Waals surface area contributed by atoms with Crippen molar-refractivity contribution in [3.63, 3.8) is 0 Å². The lowest BCUT2D eigenvalue weighted by molar-refractivity contribution is 0.195. The van der Waals surface area contributed by atoms with E-state index in [1.54, 1.807) is 18.3 Å². The number of thiazole rings is 1. The van der Waals surface area contributed by atoms with Crippen LogP contribution in [0.2, 0.25) is 0 Å². The van der Waals surface area contributed by atoms with E-state index < -0.39 is 6.10 Å². The first kappa shape index (κ1) is 12.5. The molecule has 3 nitrogen and oxygen atoms in total. The Hall–Kier alpha value is -0.610. The topological polar surface area (TPSA) is 36.4 Å². The fourth-order valence-corrected chi connectivity index (χ4v) is 2.30. The third kappa shape index (κ3) is 3.80. The van der Waals surface area contributed by atoms with Gasteiger partial charge in [0.15, 0.2) is 5.13 Å². The number of hydrogen-bond donors (Lipinski definition) is 1. The molecule has 1 heterocycles. The molecule has 4 heteroatoms. The summed E-state index contributed by atoms with van der Waals surface area (Å²) >= 11 is 1.58. The van der Waals surface area contributed by atoms with E-state index in [-0.39, 0.29) is 5.41 Å². The van der Waals surface area contributed by atoms with Crippen LogP contribution in [0.15, 0.2) is 5.38 Å². The number of rotatable bonds is 3. The normalized spacial score (nSPS) is 14.0. The summed E-state index contributed by atoms with van der Waals surface area (Å²) in [5, 5.41) is 12.3. The summed E-state index contributed by atoms with van der Waals surface area (Å²) in [4.78, 5) is 6.52. The van der Waals surface area contributed by atoms with E-state index in [9.17, 15) is 5.11 Å². The maximum atomic E-state index is 9.38. The summed E-state index contributed by atoms with van der Waals surface area (Å²) in [5.74, 6) is 0. The molecule has 1 aromatic rings. The first-order chi connectivity index (χ1) is 6.79. The molecule has 1 unspecified atom stereocenters. The van der Waals surface area contributed by atoms with Crippen molar-refractivity contribution < 1.29 is 5.11 Å². The Labute approximate surface area is 95.8 Å². The zero-order valence-corrected chi connectivity index (χ0v) is 10.9. The van der Waals surface area contributed by atoms with Gasteiger partial charge in [-0.15, -0.1) is 11.3 Å². The van der Waals surface area contributed by atoms with Crippen LogP contribution in [0.3, 0.4) is 0 Å². The Balaban J connectivity index is 2.70. The minimum atomic E-state index is -0.474. The Morgan fingerprint density at radius 2 is 2.13 bits per heavy atom. The van der Waals surface area contributed by atoms with Crippen LogP contribution in [-0.2, 0) is 0 Å². The van der Waals surface area contributed by atoms with Crippen LogP contribution in [0.1, 0.15) is 39.5 Å². The van der Waals surface area contributed by atoms with Crippen LogP contribution in [0.25, 0.3) is 0 Å². The molecule has 0 aliphatic heterocycles. The quantitative estimate of drug-likeness (QED) is 0.864. The number of aliphatic hydroxyl groups is 1. The fourth-order valence-electron chi connectivity index (χ4n) is 1.42. The molecule has 0 spiro atoms. The second-order valence-electron chi connectivity index (χ2n) is 5.15. The molecule has 0 aromatic carbocycles. The zero-order valence-electron chi connectivity index (χ0n) is 10.1. The maximum Gasteiger partial charge on any atom is 0.185 e. The van der Waals surface area contributed by atoms with Crippen LogP contribution >= 0.6 is 11.3 Å². The maximum absolute atomic E-state index is 9.38. The summed E-state index contributed by atoms with van der Waals surface area (Å²) in [5.41, 5.74) is 1.02. The van der Waals surface area contributed by atoms with E-state index in [0.717, 1.165) is 17.4 Å². The monoisotopic (exact) mass is 228 g/mol. The second kappa shape index (κ2) is 4.49. The van der Waals surface area contributed by atoms with Crippen molar-refractivity contribution >= 4 is 16.5 Å². The van der Waals surface area contributed by atoms with Gasteiger partial charge in [0.05, 0.1) is 11.8 Å². The van der Waals surface area contributed by atoms with Gasteiger partial charge in [-0.3, -0.25) is 0 Å². The molecule has 1 N–H and O–H groups in total. The molecule has 1 atom stereocenters. The highest BCUT2D eigenvalue weighted by Gasteiger charge is 2.16. The van der Waals surface area contributed by atoms with Gasteiger partial charge < -0.3 is 10.0 Å². The van der Waals surface area contributed by atoms with E-state index in [1.807, 2.05) is 12.4 Å². The van der Waals surface area contributed by atoms with E-state index in [2.05, 4.69) is 30.7 Å². The molecule has 86 valence electrons. The highest BCUT2D eigenvalue weighted by atomic mass is 32.1. The number of hydrogen-bond acceptors (Lipinski definition) is 4. The summed E-state index contributed by atoms with van der Waals surface area (Å²) in [7, 11) is 2.04. The van der Waals surface area contributed by atoms with Crippen molar-refractivity contribution in [2.45, 2.75) is 33.8 Å². The third-order valence-electron chi connectivity index (χ3n) is 1.98. The molecule has 0 radical (unpaired) electrons. The lowest BCUT2D eigenvalue weighted by Crippen LogP contribution is -2.28. The zero-order chi connectivity index (χ0) is 11.6. The molecule has 1 rings (SSSR count). The first-order valence-electron chi connectivity index (χ1n) is 5.14. The smallest absolute Gasteiger partial charge is 0.185 e. The Kier molecular flexibility index (Phi) is 3.73. The van der Waals surface area contributed by atoms with Crippen LogP contribution in [-0.4, -0.2) is 23.7 Å².